The van der Waals surface area contributed by atoms with Gasteiger partial charge in [-0.05, 0) is 48.9 Å². The molecule has 0 unspecified atom stereocenters. The number of alkyl halides is 1. The molecule has 148 valence electrons. The predicted octanol–water partition coefficient (Wildman–Crippen LogP) is 4.51. The van der Waals surface area contributed by atoms with E-state index in [1.54, 1.807) is 0 Å². The maximum Gasteiger partial charge on any atom is 0.407 e. The quantitative estimate of drug-likeness (QED) is 0.735. The summed E-state index contributed by atoms with van der Waals surface area (Å²) in [5, 5.41) is 11.6. The van der Waals surface area contributed by atoms with E-state index in [-0.39, 0.29) is 25.4 Å². The average Bonchev–Trinajstić information content (AvgIpc) is 2.96. The highest BCUT2D eigenvalue weighted by Gasteiger charge is 2.30. The van der Waals surface area contributed by atoms with Gasteiger partial charge < -0.3 is 15.2 Å². The molecule has 0 saturated carbocycles. The first-order valence-electron chi connectivity index (χ1n) is 9.29. The molecule has 0 aromatic heterocycles. The largest absolute Gasteiger partial charge is 0.480 e. The Hall–Kier alpha value is -2.89. The molecular weight excluding hydrogens is 361 g/mol. The van der Waals surface area contributed by atoms with E-state index in [0.717, 1.165) is 22.3 Å². The molecule has 6 heteroatoms. The van der Waals surface area contributed by atoms with Crippen molar-refractivity contribution in [2.45, 2.75) is 44.3 Å². The van der Waals surface area contributed by atoms with Crippen LogP contribution in [0.5, 0.6) is 0 Å². The van der Waals surface area contributed by atoms with Gasteiger partial charge in [-0.25, -0.2) is 14.0 Å². The molecule has 5 nitrogen and oxygen atoms in total. The van der Waals surface area contributed by atoms with Gasteiger partial charge in [-0.1, -0.05) is 48.5 Å². The number of halogens is 1. The molecule has 1 aliphatic carbocycles. The summed E-state index contributed by atoms with van der Waals surface area (Å²) in [7, 11) is 0. The van der Waals surface area contributed by atoms with Crippen LogP contribution in [0, 0.1) is 0 Å². The molecule has 2 aromatic carbocycles. The van der Waals surface area contributed by atoms with E-state index in [1.807, 2.05) is 48.5 Å². The van der Waals surface area contributed by atoms with Gasteiger partial charge >= 0.3 is 12.1 Å². The zero-order chi connectivity index (χ0) is 20.3. The molecule has 0 radical (unpaired) electrons. The topological polar surface area (TPSA) is 75.6 Å². The van der Waals surface area contributed by atoms with Gasteiger partial charge in [0, 0.05) is 5.92 Å². The molecule has 0 heterocycles. The van der Waals surface area contributed by atoms with Crippen LogP contribution in [-0.2, 0) is 9.53 Å². The van der Waals surface area contributed by atoms with Crippen LogP contribution in [0.4, 0.5) is 9.18 Å². The molecule has 2 N–H and O–H groups in total. The van der Waals surface area contributed by atoms with Crippen LogP contribution in [0.2, 0.25) is 0 Å². The SMILES string of the molecule is CC(C)(F)CC[C@H](NC(=O)OCC1c2ccccc2-c2ccccc21)C(=O)O. The van der Waals surface area contributed by atoms with Crippen LogP contribution in [-0.4, -0.2) is 35.5 Å². The summed E-state index contributed by atoms with van der Waals surface area (Å²) >= 11 is 0. The lowest BCUT2D eigenvalue weighted by molar-refractivity contribution is -0.139. The van der Waals surface area contributed by atoms with E-state index < -0.39 is 23.8 Å². The van der Waals surface area contributed by atoms with Crippen molar-refractivity contribution in [2.75, 3.05) is 6.61 Å². The van der Waals surface area contributed by atoms with E-state index >= 15 is 0 Å². The van der Waals surface area contributed by atoms with E-state index in [2.05, 4.69) is 5.32 Å². The molecule has 28 heavy (non-hydrogen) atoms. The third kappa shape index (κ3) is 4.50. The normalized spacial score (nSPS) is 14.1. The van der Waals surface area contributed by atoms with Crippen molar-refractivity contribution in [3.63, 3.8) is 0 Å². The van der Waals surface area contributed by atoms with E-state index in [0.29, 0.717) is 0 Å². The number of rotatable bonds is 7. The zero-order valence-electron chi connectivity index (χ0n) is 15.9. The summed E-state index contributed by atoms with van der Waals surface area (Å²) in [4.78, 5) is 23.5. The number of carboxylic acids is 1. The number of hydrogen-bond donors (Lipinski definition) is 2. The second kappa shape index (κ2) is 8.00. The van der Waals surface area contributed by atoms with Gasteiger partial charge in [0.25, 0.3) is 0 Å². The number of carbonyl (C=O) groups excluding carboxylic acids is 1. The fraction of sp³-hybridized carbons (Fsp3) is 0.364. The van der Waals surface area contributed by atoms with Crippen LogP contribution < -0.4 is 5.32 Å². The Labute approximate surface area is 163 Å². The molecule has 0 bridgehead atoms. The Bertz CT molecular complexity index is 829. The minimum absolute atomic E-state index is 0.0109. The predicted molar refractivity (Wildman–Crippen MR) is 104 cm³/mol. The number of alkyl carbamates (subject to hydrolysis) is 1. The van der Waals surface area contributed by atoms with E-state index in [9.17, 15) is 19.1 Å². The molecule has 3 rings (SSSR count). The van der Waals surface area contributed by atoms with Gasteiger partial charge in [-0.2, -0.15) is 0 Å². The Morgan fingerprint density at radius 1 is 1.11 bits per heavy atom. The summed E-state index contributed by atoms with van der Waals surface area (Å²) in [6.07, 6.45) is -0.803. The van der Waals surface area contributed by atoms with Crippen molar-refractivity contribution in [3.05, 3.63) is 59.7 Å². The van der Waals surface area contributed by atoms with Crippen molar-refractivity contribution in [1.29, 1.82) is 0 Å². The average molecular weight is 385 g/mol. The lowest BCUT2D eigenvalue weighted by atomic mass is 9.98. The van der Waals surface area contributed by atoms with Gasteiger partial charge in [-0.15, -0.1) is 0 Å². The summed E-state index contributed by atoms with van der Waals surface area (Å²) in [6, 6.07) is 14.7. The first-order chi connectivity index (χ1) is 13.3. The van der Waals surface area contributed by atoms with E-state index in [1.165, 1.54) is 13.8 Å². The monoisotopic (exact) mass is 385 g/mol. The zero-order valence-corrected chi connectivity index (χ0v) is 15.9. The second-order valence-electron chi connectivity index (χ2n) is 7.62. The van der Waals surface area contributed by atoms with E-state index in [4.69, 9.17) is 4.74 Å². The van der Waals surface area contributed by atoms with Crippen LogP contribution in [0.1, 0.15) is 43.7 Å². The fourth-order valence-corrected chi connectivity index (χ4v) is 3.53. The van der Waals surface area contributed by atoms with Crippen molar-refractivity contribution in [2.24, 2.45) is 0 Å². The van der Waals surface area contributed by atoms with Gasteiger partial charge in [0.1, 0.15) is 18.3 Å². The number of carbonyl (C=O) groups is 2. The highest BCUT2D eigenvalue weighted by atomic mass is 19.1. The number of fused-ring (bicyclic) bond motifs is 3. The third-order valence-corrected chi connectivity index (χ3v) is 4.96. The number of nitrogens with one attached hydrogen (secondary N) is 1. The highest BCUT2D eigenvalue weighted by molar-refractivity contribution is 5.81. The molecule has 1 aliphatic rings. The Balaban J connectivity index is 1.65. The van der Waals surface area contributed by atoms with Gasteiger partial charge in [0.15, 0.2) is 0 Å². The van der Waals surface area contributed by atoms with Crippen molar-refractivity contribution >= 4 is 12.1 Å². The number of amides is 1. The standard InChI is InChI=1S/C22H24FNO4/c1-22(2,23)12-11-19(20(25)26)24-21(27)28-13-18-16-9-5-3-7-14(16)15-8-4-6-10-17(15)18/h3-10,18-19H,11-13H2,1-2H3,(H,24,27)(H,25,26)/t19-/m0/s1. The number of aliphatic carboxylic acids is 1. The third-order valence-electron chi connectivity index (χ3n) is 4.96. The Morgan fingerprint density at radius 2 is 1.64 bits per heavy atom. The molecule has 0 aliphatic heterocycles. The Kier molecular flexibility index (Phi) is 5.68. The smallest absolute Gasteiger partial charge is 0.407 e. The highest BCUT2D eigenvalue weighted by Crippen LogP contribution is 2.44. The molecule has 1 amide bonds. The summed E-state index contributed by atoms with van der Waals surface area (Å²) in [5.74, 6) is -1.32. The van der Waals surface area contributed by atoms with Crippen LogP contribution in [0.15, 0.2) is 48.5 Å². The van der Waals surface area contributed by atoms with Gasteiger partial charge in [0.2, 0.25) is 0 Å². The fourth-order valence-electron chi connectivity index (χ4n) is 3.53. The van der Waals surface area contributed by atoms with Crippen LogP contribution >= 0.6 is 0 Å². The summed E-state index contributed by atoms with van der Waals surface area (Å²) in [5.41, 5.74) is 2.87. The lowest BCUT2D eigenvalue weighted by Crippen LogP contribution is -2.42. The van der Waals surface area contributed by atoms with Crippen molar-refractivity contribution < 1.29 is 23.8 Å². The molecule has 0 fully saturated rings. The number of benzene rings is 2. The van der Waals surface area contributed by atoms with Crippen LogP contribution in [0.3, 0.4) is 0 Å². The van der Waals surface area contributed by atoms with Gasteiger partial charge in [-0.3, -0.25) is 0 Å². The molecule has 0 saturated heterocycles. The molecule has 0 spiro atoms. The maximum atomic E-state index is 13.6. The van der Waals surface area contributed by atoms with Crippen molar-refractivity contribution in [3.8, 4) is 11.1 Å². The molecular formula is C22H24FNO4. The summed E-state index contributed by atoms with van der Waals surface area (Å²) in [6.45, 7) is 2.85. The second-order valence-corrected chi connectivity index (χ2v) is 7.62. The number of ether oxygens (including phenoxy) is 1. The first kappa shape index (κ1) is 19.9. The lowest BCUT2D eigenvalue weighted by Gasteiger charge is -2.20. The minimum atomic E-state index is -1.50. The number of hydrogen-bond acceptors (Lipinski definition) is 3. The molecule has 2 aromatic rings. The van der Waals surface area contributed by atoms with Crippen LogP contribution in [0.25, 0.3) is 11.1 Å². The molecule has 1 atom stereocenters. The summed E-state index contributed by atoms with van der Waals surface area (Å²) < 4.78 is 19.0. The van der Waals surface area contributed by atoms with Gasteiger partial charge in [0.05, 0.1) is 0 Å². The van der Waals surface area contributed by atoms with Crippen molar-refractivity contribution in [1.82, 2.24) is 5.32 Å². The first-order valence-corrected chi connectivity index (χ1v) is 9.29. The Morgan fingerprint density at radius 3 is 2.14 bits per heavy atom. The minimum Gasteiger partial charge on any atom is -0.480 e. The number of carboxylic acid groups (broad SMARTS) is 1. The maximum absolute atomic E-state index is 13.6.